The SMILES string of the molecule is Cc1c(Cc2ccc(I)cc2F)c([N+](=O)[O-])c2n(c1=O)CCC2. The number of pyridine rings is 1. The lowest BCUT2D eigenvalue weighted by Crippen LogP contribution is -2.25. The maximum Gasteiger partial charge on any atom is 0.292 e. The molecule has 0 atom stereocenters. The van der Waals surface area contributed by atoms with E-state index in [1.54, 1.807) is 19.1 Å². The van der Waals surface area contributed by atoms with Gasteiger partial charge in [0.05, 0.1) is 10.6 Å². The van der Waals surface area contributed by atoms with E-state index >= 15 is 0 Å². The molecule has 0 bridgehead atoms. The standard InChI is InChI=1S/C16H14FIN2O3/c1-9-12(7-10-4-5-11(18)8-13(10)17)15(20(22)23)14-3-2-6-19(14)16(9)21/h4-5,8H,2-3,6-7H2,1H3. The zero-order valence-electron chi connectivity index (χ0n) is 12.4. The number of benzene rings is 1. The summed E-state index contributed by atoms with van der Waals surface area (Å²) in [7, 11) is 0. The average molecular weight is 428 g/mol. The van der Waals surface area contributed by atoms with Gasteiger partial charge in [-0.2, -0.15) is 0 Å². The fourth-order valence-electron chi connectivity index (χ4n) is 3.12. The molecule has 0 spiro atoms. The maximum absolute atomic E-state index is 14.1. The number of halogens is 2. The number of rotatable bonds is 3. The second-order valence-corrected chi connectivity index (χ2v) is 6.87. The summed E-state index contributed by atoms with van der Waals surface area (Å²) in [5.74, 6) is -0.411. The maximum atomic E-state index is 14.1. The van der Waals surface area contributed by atoms with Crippen molar-refractivity contribution in [2.45, 2.75) is 32.7 Å². The molecule has 5 nitrogen and oxygen atoms in total. The minimum atomic E-state index is -0.441. The molecular weight excluding hydrogens is 414 g/mol. The van der Waals surface area contributed by atoms with Crippen LogP contribution in [0.2, 0.25) is 0 Å². The Morgan fingerprint density at radius 3 is 2.83 bits per heavy atom. The summed E-state index contributed by atoms with van der Waals surface area (Å²) < 4.78 is 16.4. The Balaban J connectivity index is 2.21. The lowest BCUT2D eigenvalue weighted by Gasteiger charge is -2.12. The third-order valence-corrected chi connectivity index (χ3v) is 4.93. The van der Waals surface area contributed by atoms with E-state index in [1.807, 2.05) is 22.6 Å². The van der Waals surface area contributed by atoms with Gasteiger partial charge >= 0.3 is 0 Å². The number of nitro groups is 1. The van der Waals surface area contributed by atoms with Crippen molar-refractivity contribution < 1.29 is 9.31 Å². The van der Waals surface area contributed by atoms with Crippen LogP contribution in [0.1, 0.15) is 28.8 Å². The fraction of sp³-hybridized carbons (Fsp3) is 0.312. The van der Waals surface area contributed by atoms with Gasteiger partial charge in [-0.25, -0.2) is 4.39 Å². The van der Waals surface area contributed by atoms with Gasteiger partial charge in [-0.1, -0.05) is 6.07 Å². The van der Waals surface area contributed by atoms with Crippen LogP contribution in [-0.2, 0) is 19.4 Å². The van der Waals surface area contributed by atoms with Crippen molar-refractivity contribution in [2.24, 2.45) is 0 Å². The Labute approximate surface area is 145 Å². The molecule has 0 aliphatic carbocycles. The van der Waals surface area contributed by atoms with Gasteiger partial charge in [-0.05, 0) is 60.1 Å². The number of fused-ring (bicyclic) bond motifs is 1. The summed E-state index contributed by atoms with van der Waals surface area (Å²) in [6.45, 7) is 2.09. The zero-order valence-corrected chi connectivity index (χ0v) is 14.6. The van der Waals surface area contributed by atoms with E-state index in [9.17, 15) is 19.3 Å². The van der Waals surface area contributed by atoms with Crippen LogP contribution in [0.5, 0.6) is 0 Å². The van der Waals surface area contributed by atoms with Crippen LogP contribution in [0.3, 0.4) is 0 Å². The first-order valence-electron chi connectivity index (χ1n) is 7.23. The first kappa shape index (κ1) is 16.1. The summed E-state index contributed by atoms with van der Waals surface area (Å²) >= 11 is 2.00. The minimum absolute atomic E-state index is 0.0300. The van der Waals surface area contributed by atoms with Crippen LogP contribution >= 0.6 is 22.6 Å². The van der Waals surface area contributed by atoms with Crippen LogP contribution in [-0.4, -0.2) is 9.49 Å². The fourth-order valence-corrected chi connectivity index (χ4v) is 3.57. The molecule has 0 unspecified atom stereocenters. The monoisotopic (exact) mass is 428 g/mol. The summed E-state index contributed by atoms with van der Waals surface area (Å²) in [6.07, 6.45) is 1.28. The predicted molar refractivity (Wildman–Crippen MR) is 92.3 cm³/mol. The van der Waals surface area contributed by atoms with Crippen molar-refractivity contribution >= 4 is 28.3 Å². The molecule has 0 saturated heterocycles. The number of hydrogen-bond donors (Lipinski definition) is 0. The molecule has 120 valence electrons. The van der Waals surface area contributed by atoms with E-state index in [0.717, 1.165) is 9.99 Å². The topological polar surface area (TPSA) is 65.1 Å². The van der Waals surface area contributed by atoms with Gasteiger partial charge in [0.15, 0.2) is 0 Å². The molecule has 0 radical (unpaired) electrons. The summed E-state index contributed by atoms with van der Waals surface area (Å²) in [6, 6.07) is 4.75. The molecule has 0 saturated carbocycles. The van der Waals surface area contributed by atoms with E-state index < -0.39 is 10.7 Å². The van der Waals surface area contributed by atoms with Crippen LogP contribution < -0.4 is 5.56 Å². The van der Waals surface area contributed by atoms with Gasteiger partial charge in [0, 0.05) is 27.7 Å². The minimum Gasteiger partial charge on any atom is -0.306 e. The first-order valence-corrected chi connectivity index (χ1v) is 8.31. The molecule has 1 aliphatic rings. The molecule has 23 heavy (non-hydrogen) atoms. The Kier molecular flexibility index (Phi) is 4.22. The van der Waals surface area contributed by atoms with Gasteiger partial charge in [0.1, 0.15) is 5.82 Å². The molecule has 2 aromatic rings. The van der Waals surface area contributed by atoms with Crippen LogP contribution in [0.15, 0.2) is 23.0 Å². The molecule has 2 heterocycles. The molecule has 1 aromatic carbocycles. The van der Waals surface area contributed by atoms with Gasteiger partial charge in [-0.3, -0.25) is 14.9 Å². The van der Waals surface area contributed by atoms with Gasteiger partial charge in [0.2, 0.25) is 0 Å². The number of nitrogens with zero attached hydrogens (tertiary/aromatic N) is 2. The van der Waals surface area contributed by atoms with Crippen molar-refractivity contribution in [3.05, 3.63) is 70.4 Å². The van der Waals surface area contributed by atoms with Gasteiger partial charge in [0.25, 0.3) is 11.2 Å². The largest absolute Gasteiger partial charge is 0.306 e. The van der Waals surface area contributed by atoms with E-state index in [1.165, 1.54) is 10.6 Å². The van der Waals surface area contributed by atoms with E-state index in [2.05, 4.69) is 0 Å². The average Bonchev–Trinajstić information content (AvgIpc) is 2.96. The van der Waals surface area contributed by atoms with Gasteiger partial charge < -0.3 is 4.57 Å². The third kappa shape index (κ3) is 2.77. The van der Waals surface area contributed by atoms with Crippen molar-refractivity contribution in [2.75, 3.05) is 0 Å². The molecule has 0 N–H and O–H groups in total. The number of aromatic nitrogens is 1. The van der Waals surface area contributed by atoms with E-state index in [4.69, 9.17) is 0 Å². The highest BCUT2D eigenvalue weighted by molar-refractivity contribution is 14.1. The van der Waals surface area contributed by atoms with Crippen LogP contribution in [0, 0.1) is 26.4 Å². The van der Waals surface area contributed by atoms with E-state index in [-0.39, 0.29) is 17.7 Å². The summed E-state index contributed by atoms with van der Waals surface area (Å²) in [5.41, 5.74) is 1.25. The molecule has 3 rings (SSSR count). The highest BCUT2D eigenvalue weighted by Crippen LogP contribution is 2.31. The Morgan fingerprint density at radius 1 is 1.43 bits per heavy atom. The molecule has 0 fully saturated rings. The van der Waals surface area contributed by atoms with Crippen molar-refractivity contribution in [1.29, 1.82) is 0 Å². The highest BCUT2D eigenvalue weighted by Gasteiger charge is 2.30. The normalized spacial score (nSPS) is 13.2. The van der Waals surface area contributed by atoms with Crippen LogP contribution in [0.4, 0.5) is 10.1 Å². The van der Waals surface area contributed by atoms with E-state index in [0.29, 0.717) is 35.3 Å². The summed E-state index contributed by atoms with van der Waals surface area (Å²) in [4.78, 5) is 23.6. The summed E-state index contributed by atoms with van der Waals surface area (Å²) in [5, 5.41) is 11.6. The molecule has 7 heteroatoms. The zero-order chi connectivity index (χ0) is 16.7. The van der Waals surface area contributed by atoms with Crippen molar-refractivity contribution in [1.82, 2.24) is 4.57 Å². The highest BCUT2D eigenvalue weighted by atomic mass is 127. The molecular formula is C16H14FIN2O3. The quantitative estimate of drug-likeness (QED) is 0.428. The van der Waals surface area contributed by atoms with Crippen molar-refractivity contribution in [3.63, 3.8) is 0 Å². The van der Waals surface area contributed by atoms with Crippen LogP contribution in [0.25, 0.3) is 0 Å². The van der Waals surface area contributed by atoms with Gasteiger partial charge in [-0.15, -0.1) is 0 Å². The Morgan fingerprint density at radius 2 is 2.17 bits per heavy atom. The molecule has 0 amide bonds. The lowest BCUT2D eigenvalue weighted by molar-refractivity contribution is -0.386. The molecule has 1 aliphatic heterocycles. The predicted octanol–water partition coefficient (Wildman–Crippen LogP) is 3.35. The first-order chi connectivity index (χ1) is 10.9. The lowest BCUT2D eigenvalue weighted by atomic mass is 9.98. The second-order valence-electron chi connectivity index (χ2n) is 5.63. The smallest absolute Gasteiger partial charge is 0.292 e. The third-order valence-electron chi connectivity index (χ3n) is 4.26. The van der Waals surface area contributed by atoms with Crippen molar-refractivity contribution in [3.8, 4) is 0 Å². The molecule has 1 aromatic heterocycles. The Bertz CT molecular complexity index is 877. The number of hydrogen-bond acceptors (Lipinski definition) is 3. The Hall–Kier alpha value is -1.77. The second kappa shape index (κ2) is 6.03.